The Morgan fingerprint density at radius 3 is 2.71 bits per heavy atom. The fraction of sp³-hybridized carbons (Fsp3) is 0.385. The Morgan fingerprint density at radius 2 is 2.14 bits per heavy atom. The van der Waals surface area contributed by atoms with Gasteiger partial charge in [-0.3, -0.25) is 4.68 Å². The van der Waals surface area contributed by atoms with Gasteiger partial charge in [-0.05, 0) is 18.1 Å². The summed E-state index contributed by atoms with van der Waals surface area (Å²) in [5.41, 5.74) is 7.99. The second-order valence-electron chi connectivity index (χ2n) is 4.66. The molecule has 0 aliphatic heterocycles. The quantitative estimate of drug-likeness (QED) is 0.799. The number of hydrogen-bond donors (Lipinski definition) is 2. The molecule has 21 heavy (non-hydrogen) atoms. The van der Waals surface area contributed by atoms with Crippen LogP contribution in [-0.4, -0.2) is 23.2 Å². The fourth-order valence-corrected chi connectivity index (χ4v) is 2.90. The van der Waals surface area contributed by atoms with E-state index in [2.05, 4.69) is 14.8 Å². The minimum Gasteiger partial charge on any atom is -0.326 e. The van der Waals surface area contributed by atoms with E-state index >= 15 is 0 Å². The van der Waals surface area contributed by atoms with Gasteiger partial charge in [0.25, 0.3) is 10.0 Å². The molecule has 7 nitrogen and oxygen atoms in total. The van der Waals surface area contributed by atoms with Crippen molar-refractivity contribution in [2.24, 2.45) is 12.8 Å². The zero-order valence-electron chi connectivity index (χ0n) is 12.1. The van der Waals surface area contributed by atoms with Gasteiger partial charge in [0, 0.05) is 38.1 Å². The van der Waals surface area contributed by atoms with Gasteiger partial charge in [0.05, 0.1) is 5.69 Å². The third kappa shape index (κ3) is 3.66. The molecular weight excluding hydrogens is 290 g/mol. The largest absolute Gasteiger partial charge is 0.326 e. The Morgan fingerprint density at radius 1 is 1.38 bits per heavy atom. The van der Waals surface area contributed by atoms with E-state index in [0.29, 0.717) is 6.54 Å². The Kier molecular flexibility index (Phi) is 4.71. The van der Waals surface area contributed by atoms with E-state index in [1.807, 2.05) is 20.2 Å². The van der Waals surface area contributed by atoms with E-state index in [4.69, 9.17) is 5.73 Å². The zero-order chi connectivity index (χ0) is 15.5. The Hall–Kier alpha value is -1.77. The van der Waals surface area contributed by atoms with Gasteiger partial charge in [-0.15, -0.1) is 0 Å². The van der Waals surface area contributed by atoms with Crippen LogP contribution < -0.4 is 10.5 Å². The molecule has 8 heteroatoms. The van der Waals surface area contributed by atoms with Crippen molar-refractivity contribution in [1.82, 2.24) is 19.5 Å². The van der Waals surface area contributed by atoms with Crippen LogP contribution in [-0.2, 0) is 36.6 Å². The molecule has 2 aromatic heterocycles. The Balaban J connectivity index is 2.13. The molecule has 0 aliphatic rings. The molecule has 0 saturated heterocycles. The highest BCUT2D eigenvalue weighted by Crippen LogP contribution is 2.10. The van der Waals surface area contributed by atoms with Gasteiger partial charge in [0.2, 0.25) is 0 Å². The summed E-state index contributed by atoms with van der Waals surface area (Å²) in [6, 6.07) is 3.11. The summed E-state index contributed by atoms with van der Waals surface area (Å²) in [5, 5.41) is 4.27. The third-order valence-electron chi connectivity index (χ3n) is 3.09. The number of nitrogens with one attached hydrogen (secondary N) is 1. The Labute approximate surface area is 124 Å². The normalized spacial score (nSPS) is 11.8. The second kappa shape index (κ2) is 6.33. The fourth-order valence-electron chi connectivity index (χ4n) is 1.97. The number of pyridine rings is 1. The van der Waals surface area contributed by atoms with Crippen molar-refractivity contribution >= 4 is 10.0 Å². The summed E-state index contributed by atoms with van der Waals surface area (Å²) < 4.78 is 28.6. The summed E-state index contributed by atoms with van der Waals surface area (Å²) in [7, 11) is -1.83. The van der Waals surface area contributed by atoms with Crippen molar-refractivity contribution < 1.29 is 8.42 Å². The molecule has 0 radical (unpaired) electrons. The highest BCUT2D eigenvalue weighted by atomic mass is 32.2. The van der Waals surface area contributed by atoms with E-state index in [9.17, 15) is 8.42 Å². The molecular formula is C13H19N5O2S. The average molecular weight is 309 g/mol. The summed E-state index contributed by atoms with van der Waals surface area (Å²) in [5.74, 6) is 0. The zero-order valence-corrected chi connectivity index (χ0v) is 12.9. The lowest BCUT2D eigenvalue weighted by Crippen LogP contribution is -2.24. The smallest absolute Gasteiger partial charge is 0.258 e. The summed E-state index contributed by atoms with van der Waals surface area (Å²) in [6.07, 6.45) is 4.03. The van der Waals surface area contributed by atoms with Gasteiger partial charge in [-0.1, -0.05) is 13.0 Å². The van der Waals surface area contributed by atoms with Gasteiger partial charge < -0.3 is 5.73 Å². The van der Waals surface area contributed by atoms with Crippen molar-refractivity contribution in [3.8, 4) is 0 Å². The number of hydrogen-bond acceptors (Lipinski definition) is 5. The number of aryl methyl sites for hydroxylation is 2. The monoisotopic (exact) mass is 309 g/mol. The van der Waals surface area contributed by atoms with E-state index < -0.39 is 10.0 Å². The van der Waals surface area contributed by atoms with Crippen LogP contribution in [0.1, 0.15) is 23.7 Å². The van der Waals surface area contributed by atoms with Crippen LogP contribution in [0.4, 0.5) is 0 Å². The molecule has 3 N–H and O–H groups in total. The molecule has 0 unspecified atom stereocenters. The highest BCUT2D eigenvalue weighted by molar-refractivity contribution is 7.89. The number of sulfonamides is 1. The minimum absolute atomic E-state index is 0.0124. The van der Waals surface area contributed by atoms with Crippen molar-refractivity contribution in [2.75, 3.05) is 0 Å². The molecule has 0 spiro atoms. The van der Waals surface area contributed by atoms with Gasteiger partial charge in [0.15, 0.2) is 5.03 Å². The summed E-state index contributed by atoms with van der Waals surface area (Å²) in [4.78, 5) is 3.93. The third-order valence-corrected chi connectivity index (χ3v) is 4.40. The standard InChI is InChI=1S/C13H19N5O2S/c1-3-12-11(9-18(2)17-12)8-16-21(19,20)13-5-4-10(6-14)7-15-13/h4-5,7,9,16H,3,6,8,14H2,1-2H3. The number of aromatic nitrogens is 3. The van der Waals surface area contributed by atoms with Crippen molar-refractivity contribution in [3.05, 3.63) is 41.3 Å². The summed E-state index contributed by atoms with van der Waals surface area (Å²) >= 11 is 0. The van der Waals surface area contributed by atoms with E-state index in [1.54, 1.807) is 10.7 Å². The lowest BCUT2D eigenvalue weighted by molar-refractivity contribution is 0.577. The molecule has 2 aromatic rings. The van der Waals surface area contributed by atoms with E-state index in [1.165, 1.54) is 12.3 Å². The van der Waals surface area contributed by atoms with Crippen LogP contribution in [0, 0.1) is 0 Å². The molecule has 0 saturated carbocycles. The number of rotatable bonds is 6. The first-order valence-corrected chi connectivity index (χ1v) is 8.10. The lowest BCUT2D eigenvalue weighted by atomic mass is 10.2. The molecule has 0 aromatic carbocycles. The van der Waals surface area contributed by atoms with Crippen LogP contribution in [0.5, 0.6) is 0 Å². The predicted molar refractivity (Wildman–Crippen MR) is 78.7 cm³/mol. The predicted octanol–water partition coefficient (Wildman–Crippen LogP) is 0.315. The molecule has 0 aliphatic carbocycles. The molecule has 2 rings (SSSR count). The van der Waals surface area contributed by atoms with Crippen LogP contribution >= 0.6 is 0 Å². The van der Waals surface area contributed by atoms with Gasteiger partial charge >= 0.3 is 0 Å². The SMILES string of the molecule is CCc1nn(C)cc1CNS(=O)(=O)c1ccc(CN)cn1. The molecule has 0 amide bonds. The number of nitrogens with zero attached hydrogens (tertiary/aromatic N) is 3. The van der Waals surface area contributed by atoms with Crippen LogP contribution in [0.25, 0.3) is 0 Å². The average Bonchev–Trinajstić information content (AvgIpc) is 2.85. The molecule has 114 valence electrons. The first kappa shape index (κ1) is 15.6. The number of nitrogens with two attached hydrogens (primary N) is 1. The van der Waals surface area contributed by atoms with E-state index in [0.717, 1.165) is 23.2 Å². The maximum atomic E-state index is 12.2. The van der Waals surface area contributed by atoms with Crippen LogP contribution in [0.2, 0.25) is 0 Å². The first-order valence-electron chi connectivity index (χ1n) is 6.62. The van der Waals surface area contributed by atoms with Crippen molar-refractivity contribution in [3.63, 3.8) is 0 Å². The molecule has 0 atom stereocenters. The topological polar surface area (TPSA) is 103 Å². The van der Waals surface area contributed by atoms with Gasteiger partial charge in [0.1, 0.15) is 0 Å². The van der Waals surface area contributed by atoms with Crippen molar-refractivity contribution in [1.29, 1.82) is 0 Å². The van der Waals surface area contributed by atoms with Crippen LogP contribution in [0.15, 0.2) is 29.6 Å². The molecule has 0 bridgehead atoms. The highest BCUT2D eigenvalue weighted by Gasteiger charge is 2.16. The first-order chi connectivity index (χ1) is 9.96. The Bertz CT molecular complexity index is 707. The minimum atomic E-state index is -3.64. The lowest BCUT2D eigenvalue weighted by Gasteiger charge is -2.06. The van der Waals surface area contributed by atoms with Gasteiger partial charge in [-0.2, -0.15) is 5.10 Å². The molecule has 0 fully saturated rings. The van der Waals surface area contributed by atoms with E-state index in [-0.39, 0.29) is 11.6 Å². The second-order valence-corrected chi connectivity index (χ2v) is 6.38. The van der Waals surface area contributed by atoms with Crippen LogP contribution in [0.3, 0.4) is 0 Å². The van der Waals surface area contributed by atoms with Crippen molar-refractivity contribution in [2.45, 2.75) is 31.5 Å². The maximum Gasteiger partial charge on any atom is 0.258 e. The maximum absolute atomic E-state index is 12.2. The summed E-state index contributed by atoms with van der Waals surface area (Å²) in [6.45, 7) is 2.50. The van der Waals surface area contributed by atoms with Gasteiger partial charge in [-0.25, -0.2) is 18.1 Å². The molecule has 2 heterocycles.